The molecule has 4 aromatic rings. The van der Waals surface area contributed by atoms with Gasteiger partial charge in [-0.05, 0) is 48.7 Å². The highest BCUT2D eigenvalue weighted by Gasteiger charge is 2.13. The fourth-order valence-corrected chi connectivity index (χ4v) is 4.90. The third-order valence-corrected chi connectivity index (χ3v) is 7.26. The maximum atomic E-state index is 6.16. The Labute approximate surface area is 231 Å². The Balaban J connectivity index is 1.33. The van der Waals surface area contributed by atoms with Crippen molar-refractivity contribution in [3.05, 3.63) is 60.6 Å². The predicted octanol–water partition coefficient (Wildman–Crippen LogP) is 5.15. The summed E-state index contributed by atoms with van der Waals surface area (Å²) in [5.74, 6) is 4.61. The van der Waals surface area contributed by atoms with Crippen LogP contribution < -0.4 is 15.4 Å². The number of fused-ring (bicyclic) bond motifs is 1. The predicted molar refractivity (Wildman–Crippen MR) is 159 cm³/mol. The van der Waals surface area contributed by atoms with Gasteiger partial charge in [-0.3, -0.25) is 4.68 Å². The Morgan fingerprint density at radius 1 is 1.08 bits per heavy atom. The van der Waals surface area contributed by atoms with E-state index < -0.39 is 8.07 Å². The van der Waals surface area contributed by atoms with Gasteiger partial charge < -0.3 is 20.1 Å². The molecule has 5 rings (SSSR count). The molecular weight excluding hydrogens is 504 g/mol. The van der Waals surface area contributed by atoms with E-state index >= 15 is 0 Å². The number of rotatable bonds is 8. The zero-order chi connectivity index (χ0) is 27.2. The van der Waals surface area contributed by atoms with E-state index in [1.807, 2.05) is 49.9 Å². The second-order valence-corrected chi connectivity index (χ2v) is 15.7. The van der Waals surface area contributed by atoms with Crippen molar-refractivity contribution < 1.29 is 9.47 Å². The van der Waals surface area contributed by atoms with Crippen LogP contribution >= 0.6 is 0 Å². The Morgan fingerprint density at radius 2 is 1.92 bits per heavy atom. The largest absolute Gasteiger partial charge is 0.492 e. The molecule has 8 nitrogen and oxygen atoms in total. The molecule has 0 unspecified atom stereocenters. The minimum Gasteiger partial charge on any atom is -0.492 e. The third-order valence-electron chi connectivity index (χ3n) is 6.39. The molecule has 0 radical (unpaired) electrons. The lowest BCUT2D eigenvalue weighted by Gasteiger charge is -2.23. The quantitative estimate of drug-likeness (QED) is 0.182. The molecule has 0 amide bonds. The molecule has 0 saturated carbocycles. The summed E-state index contributed by atoms with van der Waals surface area (Å²) >= 11 is 0. The summed E-state index contributed by atoms with van der Waals surface area (Å²) in [6, 6.07) is 12.7. The summed E-state index contributed by atoms with van der Waals surface area (Å²) in [4.78, 5) is 9.32. The van der Waals surface area contributed by atoms with Crippen molar-refractivity contribution in [3.63, 3.8) is 0 Å². The number of hydrogen-bond donors (Lipinski definition) is 2. The third kappa shape index (κ3) is 7.66. The second kappa shape index (κ2) is 12.0. The maximum absolute atomic E-state index is 6.16. The number of benzene rings is 2. The first-order valence-corrected chi connectivity index (χ1v) is 17.0. The molecular formula is C30H36N6O2Si. The van der Waals surface area contributed by atoms with E-state index in [9.17, 15) is 0 Å². The molecule has 0 bridgehead atoms. The molecule has 1 aliphatic rings. The van der Waals surface area contributed by atoms with Crippen molar-refractivity contribution in [1.29, 1.82) is 0 Å². The first kappa shape index (κ1) is 26.9. The van der Waals surface area contributed by atoms with Gasteiger partial charge in [0.1, 0.15) is 20.4 Å². The van der Waals surface area contributed by atoms with Crippen LogP contribution in [0.25, 0.3) is 22.0 Å². The fraction of sp³-hybridized carbons (Fsp3) is 0.367. The van der Waals surface area contributed by atoms with E-state index in [2.05, 4.69) is 64.0 Å². The van der Waals surface area contributed by atoms with Crippen LogP contribution in [-0.2, 0) is 11.8 Å². The zero-order valence-corrected chi connectivity index (χ0v) is 24.1. The van der Waals surface area contributed by atoms with Crippen molar-refractivity contribution in [1.82, 2.24) is 25.1 Å². The molecule has 9 heteroatoms. The monoisotopic (exact) mass is 540 g/mol. The molecule has 2 aromatic carbocycles. The van der Waals surface area contributed by atoms with E-state index in [0.29, 0.717) is 18.6 Å². The molecule has 0 aliphatic carbocycles. The normalized spacial score (nSPS) is 14.2. The van der Waals surface area contributed by atoms with Gasteiger partial charge in [-0.1, -0.05) is 25.6 Å². The average molecular weight is 541 g/mol. The average Bonchev–Trinajstić information content (AvgIpc) is 3.36. The van der Waals surface area contributed by atoms with Crippen molar-refractivity contribution in [2.24, 2.45) is 7.05 Å². The van der Waals surface area contributed by atoms with E-state index in [1.165, 1.54) is 0 Å². The SMILES string of the molecule is Cn1cc(-c2cc(Nc3ncc4cc(C#C[Si](C)(C)C)ccc4n3)cc(OCCNC3CCOCC3)c2)cn1. The molecule has 202 valence electrons. The molecule has 0 atom stereocenters. The Bertz CT molecular complexity index is 1490. The molecule has 1 saturated heterocycles. The first-order valence-electron chi connectivity index (χ1n) is 13.5. The lowest BCUT2D eigenvalue weighted by Crippen LogP contribution is -2.37. The van der Waals surface area contributed by atoms with Crippen LogP contribution in [0, 0.1) is 11.5 Å². The van der Waals surface area contributed by atoms with Crippen LogP contribution in [0.1, 0.15) is 18.4 Å². The van der Waals surface area contributed by atoms with Gasteiger partial charge in [0.15, 0.2) is 0 Å². The van der Waals surface area contributed by atoms with Crippen LogP contribution in [0.4, 0.5) is 11.6 Å². The van der Waals surface area contributed by atoms with Gasteiger partial charge in [0.05, 0.1) is 11.7 Å². The van der Waals surface area contributed by atoms with E-state index in [0.717, 1.165) is 71.6 Å². The van der Waals surface area contributed by atoms with Crippen LogP contribution in [0.2, 0.25) is 19.6 Å². The molecule has 39 heavy (non-hydrogen) atoms. The highest BCUT2D eigenvalue weighted by molar-refractivity contribution is 6.83. The van der Waals surface area contributed by atoms with E-state index in [4.69, 9.17) is 14.5 Å². The molecule has 0 spiro atoms. The van der Waals surface area contributed by atoms with Crippen molar-refractivity contribution >= 4 is 30.6 Å². The van der Waals surface area contributed by atoms with Crippen LogP contribution in [0.15, 0.2) is 55.0 Å². The molecule has 1 fully saturated rings. The summed E-state index contributed by atoms with van der Waals surface area (Å²) in [7, 11) is 0.475. The first-order chi connectivity index (χ1) is 18.8. The number of aromatic nitrogens is 4. The molecule has 2 N–H and O–H groups in total. The fourth-order valence-electron chi connectivity index (χ4n) is 4.39. The standard InChI is InChI=1S/C30H36N6O2Si/c1-36-21-25(20-33-36)23-16-27(18-28(17-23)38-13-10-31-26-7-11-37-12-8-26)34-30-32-19-24-15-22(5-6-29(24)35-30)9-14-39(2,3)4/h5-6,15-21,26,31H,7-8,10-13H2,1-4H3,(H,32,34,35). The van der Waals surface area contributed by atoms with Crippen LogP contribution in [0.5, 0.6) is 5.75 Å². The maximum Gasteiger partial charge on any atom is 0.227 e. The number of nitrogens with one attached hydrogen (secondary N) is 2. The molecule has 2 aromatic heterocycles. The van der Waals surface area contributed by atoms with Gasteiger partial charge in [-0.25, -0.2) is 9.97 Å². The molecule has 3 heterocycles. The van der Waals surface area contributed by atoms with E-state index in [1.54, 1.807) is 4.68 Å². The van der Waals surface area contributed by atoms with Gasteiger partial charge in [-0.2, -0.15) is 5.10 Å². The summed E-state index contributed by atoms with van der Waals surface area (Å²) in [6.07, 6.45) is 7.78. The minimum atomic E-state index is -1.44. The van der Waals surface area contributed by atoms with Gasteiger partial charge in [-0.15, -0.1) is 5.54 Å². The Morgan fingerprint density at radius 3 is 2.69 bits per heavy atom. The second-order valence-electron chi connectivity index (χ2n) is 10.9. The lowest BCUT2D eigenvalue weighted by atomic mass is 10.1. The number of anilines is 2. The van der Waals surface area contributed by atoms with Crippen molar-refractivity contribution in [3.8, 4) is 28.3 Å². The Kier molecular flexibility index (Phi) is 8.26. The number of ether oxygens (including phenoxy) is 2. The van der Waals surface area contributed by atoms with Gasteiger partial charge in [0.25, 0.3) is 0 Å². The summed E-state index contributed by atoms with van der Waals surface area (Å²) in [5, 5.41) is 12.2. The summed E-state index contributed by atoms with van der Waals surface area (Å²) < 4.78 is 13.4. The van der Waals surface area contributed by atoms with Crippen LogP contribution in [0.3, 0.4) is 0 Å². The zero-order valence-electron chi connectivity index (χ0n) is 23.1. The lowest BCUT2D eigenvalue weighted by molar-refractivity contribution is 0.0770. The summed E-state index contributed by atoms with van der Waals surface area (Å²) in [6.45, 7) is 9.73. The van der Waals surface area contributed by atoms with Crippen molar-refractivity contribution in [2.75, 3.05) is 31.7 Å². The van der Waals surface area contributed by atoms with Crippen LogP contribution in [-0.4, -0.2) is 60.2 Å². The molecule has 1 aliphatic heterocycles. The minimum absolute atomic E-state index is 0.495. The van der Waals surface area contributed by atoms with Gasteiger partial charge in [0, 0.05) is 73.5 Å². The highest BCUT2D eigenvalue weighted by Crippen LogP contribution is 2.30. The van der Waals surface area contributed by atoms with Gasteiger partial charge in [0.2, 0.25) is 5.95 Å². The number of aryl methyl sites for hydroxylation is 1. The van der Waals surface area contributed by atoms with Gasteiger partial charge >= 0.3 is 0 Å². The number of hydrogen-bond acceptors (Lipinski definition) is 7. The summed E-state index contributed by atoms with van der Waals surface area (Å²) in [5.41, 5.74) is 8.14. The highest BCUT2D eigenvalue weighted by atomic mass is 28.3. The number of nitrogens with zero attached hydrogens (tertiary/aromatic N) is 4. The smallest absolute Gasteiger partial charge is 0.227 e. The van der Waals surface area contributed by atoms with Crippen molar-refractivity contribution in [2.45, 2.75) is 38.5 Å². The Hall–Kier alpha value is -3.71. The van der Waals surface area contributed by atoms with E-state index in [-0.39, 0.29) is 0 Å². The topological polar surface area (TPSA) is 86.1 Å².